The van der Waals surface area contributed by atoms with Gasteiger partial charge in [-0.2, -0.15) is 0 Å². The van der Waals surface area contributed by atoms with Gasteiger partial charge in [0.15, 0.2) is 5.96 Å². The van der Waals surface area contributed by atoms with Crippen molar-refractivity contribution in [1.29, 1.82) is 0 Å². The van der Waals surface area contributed by atoms with Crippen molar-refractivity contribution in [3.63, 3.8) is 0 Å². The van der Waals surface area contributed by atoms with Crippen LogP contribution >= 0.6 is 0 Å². The zero-order valence-electron chi connectivity index (χ0n) is 16.6. The van der Waals surface area contributed by atoms with E-state index in [4.69, 9.17) is 0 Å². The first-order chi connectivity index (χ1) is 12.8. The van der Waals surface area contributed by atoms with Gasteiger partial charge in [-0.25, -0.2) is 12.7 Å². The Balaban J connectivity index is 2.01. The van der Waals surface area contributed by atoms with Crippen LogP contribution in [0.15, 0.2) is 58.4 Å². The Bertz CT molecular complexity index is 890. The smallest absolute Gasteiger partial charge is 0.242 e. The summed E-state index contributed by atoms with van der Waals surface area (Å²) in [5, 5.41) is 3.32. The fourth-order valence-corrected chi connectivity index (χ4v) is 3.58. The Morgan fingerprint density at radius 3 is 2.22 bits per heavy atom. The van der Waals surface area contributed by atoms with Gasteiger partial charge in [0.05, 0.1) is 4.90 Å². The van der Waals surface area contributed by atoms with E-state index in [9.17, 15) is 8.42 Å². The van der Waals surface area contributed by atoms with Crippen LogP contribution < -0.4 is 5.32 Å². The molecule has 0 atom stereocenters. The number of benzene rings is 2. The average molecular weight is 389 g/mol. The number of aryl methyl sites for hydroxylation is 1. The van der Waals surface area contributed by atoms with Gasteiger partial charge in [0.1, 0.15) is 0 Å². The van der Waals surface area contributed by atoms with Crippen molar-refractivity contribution >= 4 is 16.0 Å². The predicted molar refractivity (Wildman–Crippen MR) is 110 cm³/mol. The van der Waals surface area contributed by atoms with Crippen LogP contribution in [0.2, 0.25) is 0 Å². The molecule has 0 spiro atoms. The van der Waals surface area contributed by atoms with Gasteiger partial charge in [0.2, 0.25) is 10.0 Å². The highest BCUT2D eigenvalue weighted by Crippen LogP contribution is 2.14. The number of nitrogens with one attached hydrogen (secondary N) is 1. The van der Waals surface area contributed by atoms with E-state index in [1.807, 2.05) is 31.3 Å². The van der Waals surface area contributed by atoms with Crippen molar-refractivity contribution in [2.75, 3.05) is 28.2 Å². The summed E-state index contributed by atoms with van der Waals surface area (Å²) >= 11 is 0. The van der Waals surface area contributed by atoms with E-state index in [1.54, 1.807) is 19.2 Å². The molecule has 0 bridgehead atoms. The minimum Gasteiger partial charge on any atom is -0.352 e. The molecule has 7 heteroatoms. The predicted octanol–water partition coefficient (Wildman–Crippen LogP) is 2.45. The van der Waals surface area contributed by atoms with Gasteiger partial charge >= 0.3 is 0 Å². The van der Waals surface area contributed by atoms with Gasteiger partial charge in [0, 0.05) is 41.3 Å². The largest absolute Gasteiger partial charge is 0.352 e. The summed E-state index contributed by atoms with van der Waals surface area (Å²) in [6, 6.07) is 15.2. The highest BCUT2D eigenvalue weighted by Gasteiger charge is 2.16. The van der Waals surface area contributed by atoms with Crippen LogP contribution in [0.25, 0.3) is 0 Å². The van der Waals surface area contributed by atoms with Crippen LogP contribution in [-0.2, 0) is 23.1 Å². The molecule has 0 radical (unpaired) electrons. The molecule has 0 saturated heterocycles. The summed E-state index contributed by atoms with van der Waals surface area (Å²) in [7, 11) is 3.40. The maximum Gasteiger partial charge on any atom is 0.242 e. The molecule has 0 aliphatic carbocycles. The molecule has 27 heavy (non-hydrogen) atoms. The lowest BCUT2D eigenvalue weighted by Crippen LogP contribution is -2.38. The molecule has 0 aromatic heterocycles. The molecular weight excluding hydrogens is 360 g/mol. The Hall–Kier alpha value is -2.38. The number of hydrogen-bond donors (Lipinski definition) is 1. The van der Waals surface area contributed by atoms with E-state index in [-0.39, 0.29) is 4.90 Å². The molecule has 1 N–H and O–H groups in total. The summed E-state index contributed by atoms with van der Waals surface area (Å²) in [6.45, 7) is 3.42. The lowest BCUT2D eigenvalue weighted by molar-refractivity contribution is 0.475. The maximum absolute atomic E-state index is 12.1. The first kappa shape index (κ1) is 20.9. The monoisotopic (exact) mass is 388 g/mol. The van der Waals surface area contributed by atoms with Crippen molar-refractivity contribution in [2.24, 2.45) is 4.99 Å². The van der Waals surface area contributed by atoms with Crippen molar-refractivity contribution < 1.29 is 8.42 Å². The summed E-state index contributed by atoms with van der Waals surface area (Å²) < 4.78 is 25.5. The third-order valence-corrected chi connectivity index (χ3v) is 6.22. The van der Waals surface area contributed by atoms with Crippen molar-refractivity contribution in [3.8, 4) is 0 Å². The Morgan fingerprint density at radius 1 is 1.04 bits per heavy atom. The quantitative estimate of drug-likeness (QED) is 0.610. The molecule has 0 fully saturated rings. The molecule has 6 nitrogen and oxygen atoms in total. The number of rotatable bonds is 6. The normalized spacial score (nSPS) is 12.3. The summed E-state index contributed by atoms with van der Waals surface area (Å²) in [5.41, 5.74) is 3.48. The van der Waals surface area contributed by atoms with Gasteiger partial charge in [-0.3, -0.25) is 4.99 Å². The summed E-state index contributed by atoms with van der Waals surface area (Å²) in [6.07, 6.45) is 0. The van der Waals surface area contributed by atoms with Gasteiger partial charge in [-0.1, -0.05) is 36.4 Å². The fraction of sp³-hybridized carbons (Fsp3) is 0.350. The molecule has 0 aliphatic heterocycles. The third kappa shape index (κ3) is 5.30. The molecule has 0 amide bonds. The molecular formula is C20H28N4O2S. The molecule has 0 aliphatic rings. The zero-order chi connectivity index (χ0) is 20.0. The summed E-state index contributed by atoms with van der Waals surface area (Å²) in [4.78, 5) is 6.69. The van der Waals surface area contributed by atoms with Crippen LogP contribution in [0.3, 0.4) is 0 Å². The molecule has 146 valence electrons. The van der Waals surface area contributed by atoms with E-state index in [1.165, 1.54) is 29.5 Å². The molecule has 0 unspecified atom stereocenters. The lowest BCUT2D eigenvalue weighted by Gasteiger charge is -2.23. The fourth-order valence-electron chi connectivity index (χ4n) is 2.67. The van der Waals surface area contributed by atoms with E-state index >= 15 is 0 Å². The Kier molecular flexibility index (Phi) is 6.98. The number of hydrogen-bond acceptors (Lipinski definition) is 3. The van der Waals surface area contributed by atoms with Gasteiger partial charge in [-0.05, 0) is 35.7 Å². The Labute approximate surface area is 162 Å². The SMILES string of the molecule is CN=C(NCc1ccc(S(=O)(=O)N(C)C)cc1)N(C)Cc1ccccc1C. The van der Waals surface area contributed by atoms with Gasteiger partial charge < -0.3 is 10.2 Å². The minimum absolute atomic E-state index is 0.289. The van der Waals surface area contributed by atoms with Gasteiger partial charge in [-0.15, -0.1) is 0 Å². The van der Waals surface area contributed by atoms with Gasteiger partial charge in [0.25, 0.3) is 0 Å². The van der Waals surface area contributed by atoms with Crippen molar-refractivity contribution in [2.45, 2.75) is 24.9 Å². The minimum atomic E-state index is -3.40. The Morgan fingerprint density at radius 2 is 1.67 bits per heavy atom. The van der Waals surface area contributed by atoms with E-state index < -0.39 is 10.0 Å². The molecule has 0 heterocycles. The molecule has 2 aromatic carbocycles. The zero-order valence-corrected chi connectivity index (χ0v) is 17.4. The van der Waals surface area contributed by atoms with Crippen LogP contribution in [0, 0.1) is 6.92 Å². The second-order valence-corrected chi connectivity index (χ2v) is 8.77. The third-order valence-electron chi connectivity index (χ3n) is 4.39. The number of guanidine groups is 1. The molecule has 0 saturated carbocycles. The first-order valence-corrected chi connectivity index (χ1v) is 10.2. The topological polar surface area (TPSA) is 65.0 Å². The second kappa shape index (κ2) is 9.01. The van der Waals surface area contributed by atoms with Crippen molar-refractivity contribution in [1.82, 2.24) is 14.5 Å². The van der Waals surface area contributed by atoms with Crippen LogP contribution in [0.4, 0.5) is 0 Å². The number of aliphatic imine (C=N–C) groups is 1. The van der Waals surface area contributed by atoms with E-state index in [0.717, 1.165) is 18.1 Å². The van der Waals surface area contributed by atoms with Crippen LogP contribution in [0.1, 0.15) is 16.7 Å². The second-order valence-electron chi connectivity index (χ2n) is 6.61. The van der Waals surface area contributed by atoms with E-state index in [2.05, 4.69) is 34.3 Å². The van der Waals surface area contributed by atoms with Crippen molar-refractivity contribution in [3.05, 3.63) is 65.2 Å². The standard InChI is InChI=1S/C20H28N4O2S/c1-16-8-6-7-9-18(16)15-24(5)20(21-2)22-14-17-10-12-19(13-11-17)27(25,26)23(3)4/h6-13H,14-15H2,1-5H3,(H,21,22). The van der Waals surface area contributed by atoms with Crippen LogP contribution in [0.5, 0.6) is 0 Å². The maximum atomic E-state index is 12.1. The van der Waals surface area contributed by atoms with E-state index in [0.29, 0.717) is 6.54 Å². The number of sulfonamides is 1. The average Bonchev–Trinajstić information content (AvgIpc) is 2.64. The lowest BCUT2D eigenvalue weighted by atomic mass is 10.1. The first-order valence-electron chi connectivity index (χ1n) is 8.73. The molecule has 2 rings (SSSR count). The van der Waals surface area contributed by atoms with Crippen LogP contribution in [-0.4, -0.2) is 51.8 Å². The summed E-state index contributed by atoms with van der Waals surface area (Å²) in [5.74, 6) is 0.781. The highest BCUT2D eigenvalue weighted by atomic mass is 32.2. The number of nitrogens with zero attached hydrogens (tertiary/aromatic N) is 3. The molecule has 2 aromatic rings. The highest BCUT2D eigenvalue weighted by molar-refractivity contribution is 7.89.